The van der Waals surface area contributed by atoms with E-state index in [0.717, 1.165) is 0 Å². The lowest BCUT2D eigenvalue weighted by molar-refractivity contribution is -0.208. The molecule has 2 unspecified atom stereocenters. The molecule has 8 rings (SSSR count). The van der Waals surface area contributed by atoms with Crippen LogP contribution in [-0.4, -0.2) is 74.9 Å². The zero-order chi connectivity index (χ0) is 58.9. The van der Waals surface area contributed by atoms with Gasteiger partial charge in [0.15, 0.2) is 0 Å². The lowest BCUT2D eigenvalue weighted by Crippen LogP contribution is -2.30. The number of carbonyl (C=O) groups excluding carboxylic acids is 8. The van der Waals surface area contributed by atoms with Crippen LogP contribution in [0.1, 0.15) is 54.3 Å². The van der Waals surface area contributed by atoms with Crippen LogP contribution >= 0.6 is 0 Å². The molecule has 0 bridgehead atoms. The Kier molecular flexibility index (Phi) is 21.3. The molecule has 0 aromatic heterocycles. The summed E-state index contributed by atoms with van der Waals surface area (Å²) in [6.45, 7) is -2.46. The summed E-state index contributed by atoms with van der Waals surface area (Å²) in [5.41, 5.74) is 4.83. The zero-order valence-corrected chi connectivity index (χ0v) is 44.3. The molecule has 8 aromatic carbocycles. The molecular weight excluding hydrogens is 1090 g/mol. The van der Waals surface area contributed by atoms with E-state index in [2.05, 4.69) is 0 Å². The highest BCUT2D eigenvalue weighted by molar-refractivity contribution is 5.99. The van der Waals surface area contributed by atoms with Gasteiger partial charge in [0.05, 0.1) is 48.7 Å². The summed E-state index contributed by atoms with van der Waals surface area (Å²) < 4.78 is 21.2. The van der Waals surface area contributed by atoms with Gasteiger partial charge in [-0.05, 0) is 81.6 Å². The van der Waals surface area contributed by atoms with E-state index in [4.69, 9.17) is 58.0 Å². The third-order valence-corrected chi connectivity index (χ3v) is 12.6. The second-order valence-electron chi connectivity index (χ2n) is 17.9. The quantitative estimate of drug-likeness (QED) is 0.0316. The van der Waals surface area contributed by atoms with Crippen LogP contribution in [0, 0.1) is 11.8 Å². The summed E-state index contributed by atoms with van der Waals surface area (Å²) in [6, 6.07) is 61.2. The van der Waals surface area contributed by atoms with Crippen molar-refractivity contribution in [3.63, 3.8) is 0 Å². The summed E-state index contributed by atoms with van der Waals surface area (Å²) in [7, 11) is 0. The van der Waals surface area contributed by atoms with Crippen LogP contribution in [0.15, 0.2) is 218 Å². The van der Waals surface area contributed by atoms with E-state index in [0.29, 0.717) is 44.5 Å². The fourth-order valence-corrected chi connectivity index (χ4v) is 8.53. The molecule has 0 saturated heterocycles. The second-order valence-corrected chi connectivity index (χ2v) is 17.9. The van der Waals surface area contributed by atoms with Gasteiger partial charge < -0.3 is 18.9 Å². The van der Waals surface area contributed by atoms with Crippen molar-refractivity contribution in [2.24, 2.45) is 11.8 Å². The second kappa shape index (κ2) is 30.3. The summed E-state index contributed by atoms with van der Waals surface area (Å²) in [5, 5.41) is 0. The molecule has 0 radical (unpaired) electrons. The van der Waals surface area contributed by atoms with E-state index in [1.807, 2.05) is 0 Å². The maximum atomic E-state index is 13.2. The highest BCUT2D eigenvalue weighted by Crippen LogP contribution is 2.29. The van der Waals surface area contributed by atoms with Gasteiger partial charge in [-0.3, -0.25) is 0 Å². The molecular formula is C64H50O20. The van der Waals surface area contributed by atoms with E-state index in [1.54, 1.807) is 194 Å². The maximum Gasteiger partial charge on any atom is 0.549 e. The Balaban J connectivity index is 0.951. The number of rotatable bonds is 19. The van der Waals surface area contributed by atoms with Gasteiger partial charge in [-0.2, -0.15) is 19.2 Å². The van der Waals surface area contributed by atoms with Crippen molar-refractivity contribution < 1.29 is 96.4 Å². The Hall–Kier alpha value is -11.3. The molecule has 0 aliphatic carbocycles. The van der Waals surface area contributed by atoms with Crippen molar-refractivity contribution in [3.05, 3.63) is 241 Å². The fraction of sp³-hybridized carbons (Fsp3) is 0.125. The highest BCUT2D eigenvalue weighted by Gasteiger charge is 2.29. The predicted molar refractivity (Wildman–Crippen MR) is 295 cm³/mol. The number of ether oxygens (including phenoxy) is 4. The molecule has 0 aliphatic heterocycles. The van der Waals surface area contributed by atoms with E-state index in [-0.39, 0.29) is 35.1 Å². The fourth-order valence-electron chi connectivity index (χ4n) is 8.53. The SMILES string of the molecule is O=C(OCCC(COC(=O)OOC(=O)c1ccccc1-c1ccccc1)C(CCOC(=O)OOC(=O)c1ccccc1-c1ccccc1)COC(=O)OOC(=O)c1ccccc1-c1ccccc1)OOC(=O)c1ccccc1-c1ccccc1. The highest BCUT2D eigenvalue weighted by atomic mass is 17.3. The molecule has 0 fully saturated rings. The lowest BCUT2D eigenvalue weighted by atomic mass is 9.88. The Morgan fingerprint density at radius 1 is 0.250 bits per heavy atom. The molecule has 0 saturated carbocycles. The molecule has 8 aromatic rings. The summed E-state index contributed by atoms with van der Waals surface area (Å²) in [6.07, 6.45) is -6.55. The predicted octanol–water partition coefficient (Wildman–Crippen LogP) is 13.4. The molecule has 84 heavy (non-hydrogen) atoms. The minimum Gasteiger partial charge on any atom is -0.432 e. The third kappa shape index (κ3) is 16.9. The third-order valence-electron chi connectivity index (χ3n) is 12.6. The number of benzene rings is 8. The van der Waals surface area contributed by atoms with Gasteiger partial charge in [-0.15, -0.1) is 0 Å². The number of hydrogen-bond donors (Lipinski definition) is 0. The Labute approximate surface area is 479 Å². The van der Waals surface area contributed by atoms with Crippen molar-refractivity contribution >= 4 is 48.5 Å². The minimum atomic E-state index is -1.52. The van der Waals surface area contributed by atoms with Crippen LogP contribution in [0.4, 0.5) is 19.2 Å². The Bertz CT molecular complexity index is 3300. The zero-order valence-electron chi connectivity index (χ0n) is 44.3. The normalized spacial score (nSPS) is 11.2. The largest absolute Gasteiger partial charge is 0.549 e. The monoisotopic (exact) mass is 1140 g/mol. The molecule has 0 spiro atoms. The molecule has 20 nitrogen and oxygen atoms in total. The first-order chi connectivity index (χ1) is 41.0. The van der Waals surface area contributed by atoms with E-state index in [9.17, 15) is 38.4 Å². The summed E-state index contributed by atoms with van der Waals surface area (Å²) in [5.74, 6) is -6.33. The van der Waals surface area contributed by atoms with Crippen molar-refractivity contribution in [3.8, 4) is 44.5 Å². The van der Waals surface area contributed by atoms with Crippen LogP contribution in [0.2, 0.25) is 0 Å². The van der Waals surface area contributed by atoms with Crippen molar-refractivity contribution in [2.45, 2.75) is 12.8 Å². The van der Waals surface area contributed by atoms with Crippen molar-refractivity contribution in [2.75, 3.05) is 26.4 Å². The molecule has 0 aliphatic rings. The van der Waals surface area contributed by atoms with E-state index >= 15 is 0 Å². The van der Waals surface area contributed by atoms with Gasteiger partial charge in [-0.25, -0.2) is 58.3 Å². The molecule has 426 valence electrons. The first kappa shape index (κ1) is 58.9. The van der Waals surface area contributed by atoms with Gasteiger partial charge in [0.2, 0.25) is 0 Å². The smallest absolute Gasteiger partial charge is 0.432 e. The topological polar surface area (TPSA) is 247 Å². The number of carbonyl (C=O) groups is 8. The van der Waals surface area contributed by atoms with Gasteiger partial charge in [-0.1, -0.05) is 194 Å². The van der Waals surface area contributed by atoms with Crippen LogP contribution in [-0.2, 0) is 58.0 Å². The van der Waals surface area contributed by atoms with Gasteiger partial charge in [0, 0.05) is 11.8 Å². The number of hydrogen-bond acceptors (Lipinski definition) is 20. The molecule has 2 atom stereocenters. The Morgan fingerprint density at radius 3 is 0.714 bits per heavy atom. The van der Waals surface area contributed by atoms with Gasteiger partial charge >= 0.3 is 48.5 Å². The average molecular weight is 1140 g/mol. The molecule has 20 heteroatoms. The molecule has 0 heterocycles. The van der Waals surface area contributed by atoms with Gasteiger partial charge in [0.1, 0.15) is 0 Å². The van der Waals surface area contributed by atoms with Crippen molar-refractivity contribution in [1.29, 1.82) is 0 Å². The molecule has 0 amide bonds. The van der Waals surface area contributed by atoms with Crippen molar-refractivity contribution in [1.82, 2.24) is 0 Å². The minimum absolute atomic E-state index is 0.0463. The van der Waals surface area contributed by atoms with Crippen LogP contribution in [0.3, 0.4) is 0 Å². The van der Waals surface area contributed by atoms with Crippen LogP contribution < -0.4 is 0 Å². The first-order valence-electron chi connectivity index (χ1n) is 25.8. The van der Waals surface area contributed by atoms with E-state index in [1.165, 1.54) is 24.3 Å². The maximum absolute atomic E-state index is 13.2. The standard InChI is InChI=1S/C64H50O20/c65-57(53-33-17-13-29-49(53)43-21-5-1-6-22-43)77-81-61(69)73-39-37-47(41-75-63(71)83-79-59(67)55-35-19-15-31-51(55)45-25-9-3-10-26-45)48(42-76-64(72)84-80-60(68)56-36-20-16-32-52(56)46-27-11-4-12-28-46)38-40-74-62(70)82-78-58(66)54-34-18-14-30-50(54)44-23-7-2-8-24-44/h1-36,47-48H,37-42H2. The van der Waals surface area contributed by atoms with Crippen LogP contribution in [0.25, 0.3) is 44.5 Å². The first-order valence-corrected chi connectivity index (χ1v) is 25.8. The van der Waals surface area contributed by atoms with E-state index < -0.39 is 86.8 Å². The lowest BCUT2D eigenvalue weighted by Gasteiger charge is -2.26. The Morgan fingerprint density at radius 2 is 0.464 bits per heavy atom. The summed E-state index contributed by atoms with van der Waals surface area (Å²) in [4.78, 5) is 143. The average Bonchev–Trinajstić information content (AvgIpc) is 3.64. The summed E-state index contributed by atoms with van der Waals surface area (Å²) >= 11 is 0. The van der Waals surface area contributed by atoms with Gasteiger partial charge in [0.25, 0.3) is 0 Å². The molecule has 0 N–H and O–H groups in total. The van der Waals surface area contributed by atoms with Crippen LogP contribution in [0.5, 0.6) is 0 Å².